The normalized spacial score (nSPS) is 21.9. The zero-order valence-corrected chi connectivity index (χ0v) is 8.68. The molecule has 3 rings (SSSR count). The fraction of sp³-hybridized carbons (Fsp3) is 0.364. The number of nitrogens with one attached hydrogen (secondary N) is 1. The van der Waals surface area contributed by atoms with Crippen molar-refractivity contribution in [2.45, 2.75) is 12.3 Å². The molecule has 0 saturated carbocycles. The Labute approximate surface area is 87.0 Å². The molecule has 1 N–H and O–H groups in total. The minimum atomic E-state index is 0.729. The minimum absolute atomic E-state index is 0.729. The summed E-state index contributed by atoms with van der Waals surface area (Å²) in [5, 5.41) is 4.70. The number of fused-ring (bicyclic) bond motifs is 1. The van der Waals surface area contributed by atoms with Crippen molar-refractivity contribution in [3.8, 4) is 0 Å². The van der Waals surface area contributed by atoms with Crippen LogP contribution in [0.25, 0.3) is 10.1 Å². The molecule has 1 saturated heterocycles. The van der Waals surface area contributed by atoms with E-state index >= 15 is 0 Å². The fourth-order valence-corrected chi connectivity index (χ4v) is 3.17. The maximum absolute atomic E-state index is 4.14. The second-order valence-corrected chi connectivity index (χ2v) is 4.87. The average molecular weight is 204 g/mol. The molecule has 0 amide bonds. The molecule has 0 bridgehead atoms. The molecular formula is C11H12N2S. The van der Waals surface area contributed by atoms with Gasteiger partial charge in [0.1, 0.15) is 0 Å². The second kappa shape index (κ2) is 3.33. The summed E-state index contributed by atoms with van der Waals surface area (Å²) in [6, 6.07) is 4.40. The first-order valence-corrected chi connectivity index (χ1v) is 5.79. The Bertz CT molecular complexity index is 410. The summed E-state index contributed by atoms with van der Waals surface area (Å²) in [5.41, 5.74) is 0. The van der Waals surface area contributed by atoms with Crippen molar-refractivity contribution in [1.29, 1.82) is 0 Å². The summed E-state index contributed by atoms with van der Waals surface area (Å²) in [7, 11) is 0. The molecule has 2 nitrogen and oxygen atoms in total. The largest absolute Gasteiger partial charge is 0.316 e. The molecule has 1 aliphatic rings. The SMILES string of the molecule is c1cc2sc(C3CCNC3)cc2cn1. The Morgan fingerprint density at radius 3 is 3.29 bits per heavy atom. The van der Waals surface area contributed by atoms with E-state index in [1.807, 2.05) is 23.7 Å². The molecule has 0 spiro atoms. The molecule has 1 unspecified atom stereocenters. The lowest BCUT2D eigenvalue weighted by molar-refractivity contribution is 0.779. The summed E-state index contributed by atoms with van der Waals surface area (Å²) in [6.07, 6.45) is 5.10. The molecule has 1 fully saturated rings. The number of hydrogen-bond donors (Lipinski definition) is 1. The van der Waals surface area contributed by atoms with Gasteiger partial charge >= 0.3 is 0 Å². The number of pyridine rings is 1. The third-order valence-electron chi connectivity index (χ3n) is 2.80. The van der Waals surface area contributed by atoms with E-state index < -0.39 is 0 Å². The molecule has 1 atom stereocenters. The standard InChI is InChI=1S/C11H12N2S/c1-3-12-6-8(1)11-5-9-7-13-4-2-10(9)14-11/h2,4-5,7-8,12H,1,3,6H2. The molecule has 3 heterocycles. The first kappa shape index (κ1) is 8.38. The highest BCUT2D eigenvalue weighted by Crippen LogP contribution is 2.32. The van der Waals surface area contributed by atoms with Gasteiger partial charge in [-0.3, -0.25) is 4.98 Å². The van der Waals surface area contributed by atoms with Crippen molar-refractivity contribution in [1.82, 2.24) is 10.3 Å². The van der Waals surface area contributed by atoms with Crippen LogP contribution in [0.5, 0.6) is 0 Å². The van der Waals surface area contributed by atoms with E-state index in [2.05, 4.69) is 22.4 Å². The van der Waals surface area contributed by atoms with E-state index in [0.29, 0.717) is 0 Å². The van der Waals surface area contributed by atoms with E-state index in [9.17, 15) is 0 Å². The lowest BCUT2D eigenvalue weighted by Gasteiger charge is -2.02. The molecule has 0 aromatic carbocycles. The van der Waals surface area contributed by atoms with Crippen LogP contribution in [0, 0.1) is 0 Å². The number of rotatable bonds is 1. The molecule has 2 aromatic rings. The molecular weight excluding hydrogens is 192 g/mol. The van der Waals surface area contributed by atoms with E-state index in [0.717, 1.165) is 19.0 Å². The van der Waals surface area contributed by atoms with Gasteiger partial charge in [-0.05, 0) is 25.1 Å². The van der Waals surface area contributed by atoms with Gasteiger partial charge in [-0.1, -0.05) is 0 Å². The first-order valence-electron chi connectivity index (χ1n) is 4.97. The molecule has 0 aliphatic carbocycles. The lowest BCUT2D eigenvalue weighted by atomic mass is 10.1. The van der Waals surface area contributed by atoms with Crippen LogP contribution in [0.15, 0.2) is 24.5 Å². The van der Waals surface area contributed by atoms with Crippen molar-refractivity contribution in [3.63, 3.8) is 0 Å². The number of aromatic nitrogens is 1. The molecule has 1 aliphatic heterocycles. The Kier molecular flexibility index (Phi) is 2.00. The highest BCUT2D eigenvalue weighted by atomic mass is 32.1. The monoisotopic (exact) mass is 204 g/mol. The summed E-state index contributed by atoms with van der Waals surface area (Å²) in [4.78, 5) is 5.66. The van der Waals surface area contributed by atoms with Crippen LogP contribution in [0.4, 0.5) is 0 Å². The minimum Gasteiger partial charge on any atom is -0.316 e. The van der Waals surface area contributed by atoms with Crippen molar-refractivity contribution in [2.75, 3.05) is 13.1 Å². The van der Waals surface area contributed by atoms with E-state index in [-0.39, 0.29) is 0 Å². The van der Waals surface area contributed by atoms with Gasteiger partial charge in [0.25, 0.3) is 0 Å². The van der Waals surface area contributed by atoms with E-state index in [1.165, 1.54) is 21.4 Å². The van der Waals surface area contributed by atoms with Crippen LogP contribution in [-0.2, 0) is 0 Å². The Balaban J connectivity index is 2.05. The maximum atomic E-state index is 4.14. The van der Waals surface area contributed by atoms with E-state index in [4.69, 9.17) is 0 Å². The second-order valence-electron chi connectivity index (χ2n) is 3.75. The predicted molar refractivity (Wildman–Crippen MR) is 59.8 cm³/mol. The van der Waals surface area contributed by atoms with Crippen molar-refractivity contribution in [2.24, 2.45) is 0 Å². The van der Waals surface area contributed by atoms with Crippen LogP contribution in [0.3, 0.4) is 0 Å². The Morgan fingerprint density at radius 1 is 1.50 bits per heavy atom. The quantitative estimate of drug-likeness (QED) is 0.771. The Morgan fingerprint density at radius 2 is 2.50 bits per heavy atom. The highest BCUT2D eigenvalue weighted by Gasteiger charge is 2.18. The van der Waals surface area contributed by atoms with Gasteiger partial charge in [0, 0.05) is 39.8 Å². The van der Waals surface area contributed by atoms with Crippen molar-refractivity contribution < 1.29 is 0 Å². The van der Waals surface area contributed by atoms with E-state index in [1.54, 1.807) is 0 Å². The summed E-state index contributed by atoms with van der Waals surface area (Å²) in [5.74, 6) is 0.729. The van der Waals surface area contributed by atoms with Gasteiger partial charge in [-0.15, -0.1) is 11.3 Å². The average Bonchev–Trinajstić information content (AvgIpc) is 2.86. The first-order chi connectivity index (χ1) is 6.93. The maximum Gasteiger partial charge on any atom is 0.0376 e. The lowest BCUT2D eigenvalue weighted by Crippen LogP contribution is -2.07. The fourth-order valence-electron chi connectivity index (χ4n) is 2.00. The molecule has 14 heavy (non-hydrogen) atoms. The number of nitrogens with zero attached hydrogens (tertiary/aromatic N) is 1. The van der Waals surface area contributed by atoms with Gasteiger partial charge in [-0.2, -0.15) is 0 Å². The highest BCUT2D eigenvalue weighted by molar-refractivity contribution is 7.19. The van der Waals surface area contributed by atoms with Crippen LogP contribution in [-0.4, -0.2) is 18.1 Å². The van der Waals surface area contributed by atoms with Gasteiger partial charge in [0.15, 0.2) is 0 Å². The third-order valence-corrected chi connectivity index (χ3v) is 4.08. The summed E-state index contributed by atoms with van der Waals surface area (Å²) < 4.78 is 1.36. The molecule has 2 aromatic heterocycles. The van der Waals surface area contributed by atoms with Gasteiger partial charge in [0.05, 0.1) is 0 Å². The zero-order chi connectivity index (χ0) is 9.38. The molecule has 3 heteroatoms. The van der Waals surface area contributed by atoms with Crippen molar-refractivity contribution >= 4 is 21.4 Å². The number of hydrogen-bond acceptors (Lipinski definition) is 3. The topological polar surface area (TPSA) is 24.9 Å². The zero-order valence-electron chi connectivity index (χ0n) is 7.86. The van der Waals surface area contributed by atoms with Crippen LogP contribution < -0.4 is 5.32 Å². The molecule has 0 radical (unpaired) electrons. The van der Waals surface area contributed by atoms with Crippen LogP contribution in [0.2, 0.25) is 0 Å². The number of thiophene rings is 1. The summed E-state index contributed by atoms with van der Waals surface area (Å²) >= 11 is 1.91. The Hall–Kier alpha value is -0.930. The van der Waals surface area contributed by atoms with Gasteiger partial charge in [-0.25, -0.2) is 0 Å². The third kappa shape index (κ3) is 1.33. The van der Waals surface area contributed by atoms with Crippen molar-refractivity contribution in [3.05, 3.63) is 29.4 Å². The van der Waals surface area contributed by atoms with Gasteiger partial charge < -0.3 is 5.32 Å². The van der Waals surface area contributed by atoms with Crippen LogP contribution in [0.1, 0.15) is 17.2 Å². The predicted octanol–water partition coefficient (Wildman–Crippen LogP) is 2.37. The summed E-state index contributed by atoms with van der Waals surface area (Å²) in [6.45, 7) is 2.30. The van der Waals surface area contributed by atoms with Gasteiger partial charge in [0.2, 0.25) is 0 Å². The molecule has 72 valence electrons. The smallest absolute Gasteiger partial charge is 0.0376 e. The van der Waals surface area contributed by atoms with Crippen LogP contribution >= 0.6 is 11.3 Å².